The van der Waals surface area contributed by atoms with E-state index in [2.05, 4.69) is 38.0 Å². The van der Waals surface area contributed by atoms with Gasteiger partial charge >= 0.3 is 6.03 Å². The third-order valence-corrected chi connectivity index (χ3v) is 6.37. The molecular formula is C24H24ClN3O3. The van der Waals surface area contributed by atoms with Crippen LogP contribution in [-0.2, 0) is 9.59 Å². The van der Waals surface area contributed by atoms with Crippen LogP contribution in [0.15, 0.2) is 48.0 Å². The number of nitrogens with one attached hydrogen (secondary N) is 1. The molecule has 6 nitrogen and oxygen atoms in total. The average Bonchev–Trinajstić information content (AvgIpc) is 2.69. The summed E-state index contributed by atoms with van der Waals surface area (Å²) in [5, 5.41) is 2.63. The normalized spacial score (nSPS) is 21.9. The van der Waals surface area contributed by atoms with Crippen LogP contribution in [0.25, 0.3) is 6.08 Å². The quantitative estimate of drug-likeness (QED) is 0.544. The summed E-state index contributed by atoms with van der Waals surface area (Å²) in [4.78, 5) is 41.1. The summed E-state index contributed by atoms with van der Waals surface area (Å²) in [6.07, 6.45) is 2.53. The summed E-state index contributed by atoms with van der Waals surface area (Å²) in [7, 11) is 2.08. The Morgan fingerprint density at radius 1 is 1.13 bits per heavy atom. The predicted molar refractivity (Wildman–Crippen MR) is 122 cm³/mol. The topological polar surface area (TPSA) is 69.7 Å². The third-order valence-electron chi connectivity index (χ3n) is 6.14. The van der Waals surface area contributed by atoms with Crippen LogP contribution in [-0.4, -0.2) is 30.4 Å². The number of imide groups is 2. The van der Waals surface area contributed by atoms with Crippen molar-refractivity contribution in [1.82, 2.24) is 5.32 Å². The van der Waals surface area contributed by atoms with E-state index in [1.54, 1.807) is 18.2 Å². The molecule has 2 aliphatic heterocycles. The highest BCUT2D eigenvalue weighted by molar-refractivity contribution is 6.39. The van der Waals surface area contributed by atoms with E-state index in [-0.39, 0.29) is 11.1 Å². The molecule has 0 bridgehead atoms. The zero-order valence-electron chi connectivity index (χ0n) is 17.9. The SMILES string of the molecule is CC1CC(C)(C)N(C)c2ccc(/C=C3/C(=O)NC(=O)N(c4cccc(Cl)c4)C3=O)cc21. The lowest BCUT2D eigenvalue weighted by Crippen LogP contribution is -2.54. The minimum atomic E-state index is -0.794. The molecule has 2 aliphatic rings. The van der Waals surface area contributed by atoms with E-state index < -0.39 is 17.8 Å². The van der Waals surface area contributed by atoms with Crippen molar-refractivity contribution in [1.29, 1.82) is 0 Å². The summed E-state index contributed by atoms with van der Waals surface area (Å²) in [6, 6.07) is 11.5. The smallest absolute Gasteiger partial charge is 0.335 e. The Labute approximate surface area is 186 Å². The molecule has 0 radical (unpaired) electrons. The Kier molecular flexibility index (Phi) is 5.13. The molecule has 1 fully saturated rings. The maximum absolute atomic E-state index is 13.1. The number of nitrogens with zero attached hydrogens (tertiary/aromatic N) is 2. The van der Waals surface area contributed by atoms with Crippen molar-refractivity contribution in [3.63, 3.8) is 0 Å². The third kappa shape index (κ3) is 3.72. The number of urea groups is 1. The number of carbonyl (C=O) groups is 3. The van der Waals surface area contributed by atoms with Gasteiger partial charge in [-0.25, -0.2) is 9.69 Å². The van der Waals surface area contributed by atoms with E-state index in [9.17, 15) is 14.4 Å². The molecule has 2 aromatic rings. The van der Waals surface area contributed by atoms with Crippen molar-refractivity contribution in [2.75, 3.05) is 16.8 Å². The van der Waals surface area contributed by atoms with Crippen LogP contribution in [0.4, 0.5) is 16.2 Å². The first-order valence-corrected chi connectivity index (χ1v) is 10.5. The molecule has 2 aromatic carbocycles. The highest BCUT2D eigenvalue weighted by atomic mass is 35.5. The fraction of sp³-hybridized carbons (Fsp3) is 0.292. The minimum Gasteiger partial charge on any atom is -0.369 e. The molecule has 160 valence electrons. The number of hydrogen-bond acceptors (Lipinski definition) is 4. The van der Waals surface area contributed by atoms with E-state index >= 15 is 0 Å². The van der Waals surface area contributed by atoms with E-state index in [0.717, 1.165) is 22.6 Å². The number of anilines is 2. The lowest BCUT2D eigenvalue weighted by molar-refractivity contribution is -0.122. The number of halogens is 1. The fourth-order valence-electron chi connectivity index (χ4n) is 4.36. The Balaban J connectivity index is 1.73. The van der Waals surface area contributed by atoms with Gasteiger partial charge in [0.15, 0.2) is 0 Å². The summed E-state index contributed by atoms with van der Waals surface area (Å²) in [5.41, 5.74) is 3.29. The van der Waals surface area contributed by atoms with Gasteiger partial charge in [-0.2, -0.15) is 0 Å². The lowest BCUT2D eigenvalue weighted by Gasteiger charge is -2.45. The first kappa shape index (κ1) is 21.1. The number of rotatable bonds is 2. The van der Waals surface area contributed by atoms with Crippen molar-refractivity contribution in [2.24, 2.45) is 0 Å². The summed E-state index contributed by atoms with van der Waals surface area (Å²) in [5.74, 6) is -1.06. The zero-order valence-corrected chi connectivity index (χ0v) is 18.7. The second-order valence-electron chi connectivity index (χ2n) is 8.73. The van der Waals surface area contributed by atoms with Crippen LogP contribution in [0.1, 0.15) is 44.2 Å². The van der Waals surface area contributed by atoms with Gasteiger partial charge in [-0.3, -0.25) is 14.9 Å². The number of fused-ring (bicyclic) bond motifs is 1. The molecule has 4 amide bonds. The first-order valence-electron chi connectivity index (χ1n) is 10.1. The number of amides is 4. The molecule has 4 rings (SSSR count). The second-order valence-corrected chi connectivity index (χ2v) is 9.17. The van der Waals surface area contributed by atoms with Gasteiger partial charge in [0.25, 0.3) is 11.8 Å². The maximum Gasteiger partial charge on any atom is 0.335 e. The Hall–Kier alpha value is -3.12. The number of benzene rings is 2. The molecule has 0 spiro atoms. The van der Waals surface area contributed by atoms with Gasteiger partial charge in [0.2, 0.25) is 0 Å². The largest absolute Gasteiger partial charge is 0.369 e. The summed E-state index contributed by atoms with van der Waals surface area (Å²) in [6.45, 7) is 6.62. The highest BCUT2D eigenvalue weighted by Gasteiger charge is 2.37. The minimum absolute atomic E-state index is 0.0451. The molecule has 1 N–H and O–H groups in total. The second kappa shape index (κ2) is 7.54. The Morgan fingerprint density at radius 2 is 1.87 bits per heavy atom. The van der Waals surface area contributed by atoms with E-state index in [1.807, 2.05) is 18.2 Å². The van der Waals surface area contributed by atoms with Crippen LogP contribution >= 0.6 is 11.6 Å². The monoisotopic (exact) mass is 437 g/mol. The van der Waals surface area contributed by atoms with Crippen molar-refractivity contribution < 1.29 is 14.4 Å². The van der Waals surface area contributed by atoms with Gasteiger partial charge in [0.05, 0.1) is 5.69 Å². The molecule has 1 saturated heterocycles. The molecule has 1 unspecified atom stereocenters. The van der Waals surface area contributed by atoms with E-state index in [0.29, 0.717) is 16.6 Å². The van der Waals surface area contributed by atoms with E-state index in [4.69, 9.17) is 11.6 Å². The van der Waals surface area contributed by atoms with Crippen LogP contribution in [0.5, 0.6) is 0 Å². The molecule has 0 aliphatic carbocycles. The molecule has 1 atom stereocenters. The standard InChI is InChI=1S/C24H24ClN3O3/c1-14-13-24(2,3)27(4)20-9-8-15(10-18(14)20)11-19-21(29)26-23(31)28(22(19)30)17-7-5-6-16(25)12-17/h5-12,14H,13H2,1-4H3,(H,26,29,31)/b19-11-. The molecule has 0 aromatic heterocycles. The van der Waals surface area contributed by atoms with Crippen molar-refractivity contribution in [3.05, 3.63) is 64.2 Å². The maximum atomic E-state index is 13.1. The molecular weight excluding hydrogens is 414 g/mol. The first-order chi connectivity index (χ1) is 14.6. The van der Waals surface area contributed by atoms with Crippen LogP contribution in [0, 0.1) is 0 Å². The lowest BCUT2D eigenvalue weighted by atomic mass is 9.80. The molecule has 2 heterocycles. The average molecular weight is 438 g/mol. The Morgan fingerprint density at radius 3 is 2.58 bits per heavy atom. The number of hydrogen-bond donors (Lipinski definition) is 1. The number of barbiturate groups is 1. The fourth-order valence-corrected chi connectivity index (χ4v) is 4.54. The molecule has 0 saturated carbocycles. The van der Waals surface area contributed by atoms with Crippen molar-refractivity contribution in [3.8, 4) is 0 Å². The zero-order chi connectivity index (χ0) is 22.5. The van der Waals surface area contributed by atoms with Gasteiger partial charge in [-0.05, 0) is 73.7 Å². The van der Waals surface area contributed by atoms with Gasteiger partial charge in [0.1, 0.15) is 5.57 Å². The van der Waals surface area contributed by atoms with Gasteiger partial charge in [-0.15, -0.1) is 0 Å². The van der Waals surface area contributed by atoms with Gasteiger partial charge in [0, 0.05) is 23.3 Å². The highest BCUT2D eigenvalue weighted by Crippen LogP contribution is 2.42. The van der Waals surface area contributed by atoms with Crippen LogP contribution in [0.3, 0.4) is 0 Å². The van der Waals surface area contributed by atoms with Crippen molar-refractivity contribution >= 4 is 46.9 Å². The van der Waals surface area contributed by atoms with Crippen molar-refractivity contribution in [2.45, 2.75) is 38.6 Å². The van der Waals surface area contributed by atoms with Crippen LogP contribution in [0.2, 0.25) is 5.02 Å². The molecule has 31 heavy (non-hydrogen) atoms. The Bertz CT molecular complexity index is 1140. The molecule has 7 heteroatoms. The van der Waals surface area contributed by atoms with Crippen LogP contribution < -0.4 is 15.1 Å². The summed E-state index contributed by atoms with van der Waals surface area (Å²) < 4.78 is 0. The van der Waals surface area contributed by atoms with Gasteiger partial charge < -0.3 is 4.90 Å². The number of carbonyl (C=O) groups excluding carboxylic acids is 3. The summed E-state index contributed by atoms with van der Waals surface area (Å²) >= 11 is 6.01. The predicted octanol–water partition coefficient (Wildman–Crippen LogP) is 4.73. The van der Waals surface area contributed by atoms with Gasteiger partial charge in [-0.1, -0.05) is 30.7 Å². The van der Waals surface area contributed by atoms with E-state index in [1.165, 1.54) is 17.7 Å².